The van der Waals surface area contributed by atoms with E-state index in [1.807, 2.05) is 11.9 Å². The summed E-state index contributed by atoms with van der Waals surface area (Å²) in [6.07, 6.45) is 0. The van der Waals surface area contributed by atoms with Crippen molar-refractivity contribution < 1.29 is 13.5 Å². The average molecular weight is 242 g/mol. The van der Waals surface area contributed by atoms with Gasteiger partial charge in [0.2, 0.25) is 0 Å². The van der Waals surface area contributed by atoms with Crippen LogP contribution in [0.2, 0.25) is 0 Å². The summed E-state index contributed by atoms with van der Waals surface area (Å²) in [6.45, 7) is 3.24. The highest BCUT2D eigenvalue weighted by molar-refractivity contribution is 5.59. The third kappa shape index (κ3) is 2.49. The summed E-state index contributed by atoms with van der Waals surface area (Å²) < 4.78 is 31.8. The van der Waals surface area contributed by atoms with Crippen molar-refractivity contribution in [1.82, 2.24) is 4.90 Å². The number of anilines is 1. The van der Waals surface area contributed by atoms with Gasteiger partial charge in [0.25, 0.3) is 0 Å². The number of piperazine rings is 1. The van der Waals surface area contributed by atoms with E-state index in [1.165, 1.54) is 13.2 Å². The second-order valence-corrected chi connectivity index (χ2v) is 4.23. The van der Waals surface area contributed by atoms with Crippen LogP contribution in [0.4, 0.5) is 14.5 Å². The lowest BCUT2D eigenvalue weighted by atomic mass is 10.2. The predicted octanol–water partition coefficient (Wildman–Crippen LogP) is 1.73. The van der Waals surface area contributed by atoms with Gasteiger partial charge in [0, 0.05) is 38.3 Å². The number of nitrogens with zero attached hydrogens (tertiary/aromatic N) is 2. The lowest BCUT2D eigenvalue weighted by Gasteiger charge is -2.34. The van der Waals surface area contributed by atoms with Crippen LogP contribution in [-0.4, -0.2) is 45.2 Å². The number of likely N-dealkylation sites (N-methyl/N-ethyl adjacent to an activating group) is 1. The smallest absolute Gasteiger partial charge is 0.178 e. The Kier molecular flexibility index (Phi) is 3.47. The summed E-state index contributed by atoms with van der Waals surface area (Å²) in [6, 6.07) is 2.17. The van der Waals surface area contributed by atoms with Gasteiger partial charge in [0.1, 0.15) is 5.82 Å². The summed E-state index contributed by atoms with van der Waals surface area (Å²) in [7, 11) is 3.43. The standard InChI is InChI=1S/C12H16F2N2O/c1-15-3-5-16(6-4-15)11-8-9(13)7-10(14)12(11)17-2/h7-8H,3-6H2,1-2H3. The van der Waals surface area contributed by atoms with Crippen molar-refractivity contribution in [3.63, 3.8) is 0 Å². The Morgan fingerprint density at radius 1 is 1.12 bits per heavy atom. The summed E-state index contributed by atoms with van der Waals surface area (Å²) in [4.78, 5) is 4.13. The van der Waals surface area contributed by atoms with Crippen molar-refractivity contribution in [3.8, 4) is 5.75 Å². The Balaban J connectivity index is 2.30. The number of hydrogen-bond acceptors (Lipinski definition) is 3. The van der Waals surface area contributed by atoms with Crippen molar-refractivity contribution in [2.75, 3.05) is 45.2 Å². The van der Waals surface area contributed by atoms with E-state index in [1.54, 1.807) is 0 Å². The lowest BCUT2D eigenvalue weighted by Crippen LogP contribution is -2.44. The first kappa shape index (κ1) is 12.1. The zero-order valence-corrected chi connectivity index (χ0v) is 10.0. The molecule has 0 aromatic heterocycles. The molecule has 1 fully saturated rings. The van der Waals surface area contributed by atoms with Gasteiger partial charge in [-0.25, -0.2) is 8.78 Å². The molecule has 0 saturated carbocycles. The maximum atomic E-state index is 13.5. The Morgan fingerprint density at radius 2 is 1.76 bits per heavy atom. The fourth-order valence-electron chi connectivity index (χ4n) is 2.03. The van der Waals surface area contributed by atoms with Gasteiger partial charge < -0.3 is 14.5 Å². The molecule has 94 valence electrons. The summed E-state index contributed by atoms with van der Waals surface area (Å²) in [5.41, 5.74) is 0.498. The first-order valence-corrected chi connectivity index (χ1v) is 5.58. The third-order valence-corrected chi connectivity index (χ3v) is 3.04. The average Bonchev–Trinajstić information content (AvgIpc) is 2.29. The highest BCUT2D eigenvalue weighted by atomic mass is 19.1. The molecule has 1 aromatic rings. The molecule has 1 aliphatic rings. The molecular formula is C12H16F2N2O. The topological polar surface area (TPSA) is 15.7 Å². The van der Waals surface area contributed by atoms with Crippen molar-refractivity contribution in [3.05, 3.63) is 23.8 Å². The van der Waals surface area contributed by atoms with Crippen LogP contribution >= 0.6 is 0 Å². The van der Waals surface area contributed by atoms with Crippen LogP contribution in [0, 0.1) is 11.6 Å². The molecule has 5 heteroatoms. The minimum Gasteiger partial charge on any atom is -0.492 e. The van der Waals surface area contributed by atoms with Crippen molar-refractivity contribution in [2.45, 2.75) is 0 Å². The van der Waals surface area contributed by atoms with Gasteiger partial charge >= 0.3 is 0 Å². The van der Waals surface area contributed by atoms with Crippen LogP contribution < -0.4 is 9.64 Å². The van der Waals surface area contributed by atoms with Gasteiger partial charge in [-0.05, 0) is 7.05 Å². The van der Waals surface area contributed by atoms with E-state index in [2.05, 4.69) is 4.90 Å². The van der Waals surface area contributed by atoms with Gasteiger partial charge in [-0.3, -0.25) is 0 Å². The van der Waals surface area contributed by atoms with Crippen LogP contribution in [0.1, 0.15) is 0 Å². The normalized spacial score (nSPS) is 17.3. The number of rotatable bonds is 2. The molecule has 0 amide bonds. The molecule has 0 N–H and O–H groups in total. The van der Waals surface area contributed by atoms with Crippen molar-refractivity contribution >= 4 is 5.69 Å². The molecule has 0 radical (unpaired) electrons. The molecule has 0 unspecified atom stereocenters. The second-order valence-electron chi connectivity index (χ2n) is 4.23. The Morgan fingerprint density at radius 3 is 2.35 bits per heavy atom. The van der Waals surface area contributed by atoms with Crippen LogP contribution in [0.25, 0.3) is 0 Å². The highest BCUT2D eigenvalue weighted by Crippen LogP contribution is 2.32. The zero-order valence-electron chi connectivity index (χ0n) is 10.0. The highest BCUT2D eigenvalue weighted by Gasteiger charge is 2.20. The fourth-order valence-corrected chi connectivity index (χ4v) is 2.03. The molecule has 17 heavy (non-hydrogen) atoms. The monoisotopic (exact) mass is 242 g/mol. The number of methoxy groups -OCH3 is 1. The molecule has 2 rings (SSSR count). The number of halogens is 2. The first-order valence-electron chi connectivity index (χ1n) is 5.58. The number of ether oxygens (including phenoxy) is 1. The van der Waals surface area contributed by atoms with E-state index < -0.39 is 11.6 Å². The van der Waals surface area contributed by atoms with Gasteiger partial charge in [0.05, 0.1) is 12.8 Å². The minimum atomic E-state index is -0.651. The largest absolute Gasteiger partial charge is 0.492 e. The van der Waals surface area contributed by atoms with Crippen LogP contribution in [0.15, 0.2) is 12.1 Å². The zero-order chi connectivity index (χ0) is 12.4. The molecule has 1 heterocycles. The molecule has 1 aromatic carbocycles. The Labute approximate surface area is 99.6 Å². The van der Waals surface area contributed by atoms with E-state index >= 15 is 0 Å². The van der Waals surface area contributed by atoms with Gasteiger partial charge in [-0.15, -0.1) is 0 Å². The minimum absolute atomic E-state index is 0.121. The SMILES string of the molecule is COc1c(F)cc(F)cc1N1CCN(C)CC1. The van der Waals surface area contributed by atoms with Crippen molar-refractivity contribution in [2.24, 2.45) is 0 Å². The maximum absolute atomic E-state index is 13.5. The number of hydrogen-bond donors (Lipinski definition) is 0. The number of benzene rings is 1. The Bertz CT molecular complexity index is 404. The van der Waals surface area contributed by atoms with E-state index in [0.717, 1.165) is 32.2 Å². The summed E-state index contributed by atoms with van der Waals surface area (Å²) in [5.74, 6) is -1.10. The predicted molar refractivity (Wildman–Crippen MR) is 62.6 cm³/mol. The van der Waals surface area contributed by atoms with Gasteiger partial charge in [-0.2, -0.15) is 0 Å². The van der Waals surface area contributed by atoms with Crippen molar-refractivity contribution in [1.29, 1.82) is 0 Å². The Hall–Kier alpha value is -1.36. The molecule has 0 bridgehead atoms. The van der Waals surface area contributed by atoms with Gasteiger partial charge in [-0.1, -0.05) is 0 Å². The lowest BCUT2D eigenvalue weighted by molar-refractivity contribution is 0.310. The van der Waals surface area contributed by atoms with E-state index in [9.17, 15) is 8.78 Å². The molecule has 3 nitrogen and oxygen atoms in total. The van der Waals surface area contributed by atoms with E-state index in [4.69, 9.17) is 4.74 Å². The molecular weight excluding hydrogens is 226 g/mol. The van der Waals surface area contributed by atoms with Gasteiger partial charge in [0.15, 0.2) is 11.6 Å². The van der Waals surface area contributed by atoms with E-state index in [0.29, 0.717) is 5.69 Å². The molecule has 1 saturated heterocycles. The fraction of sp³-hybridized carbons (Fsp3) is 0.500. The maximum Gasteiger partial charge on any atom is 0.178 e. The molecule has 0 spiro atoms. The van der Waals surface area contributed by atoms with Crippen LogP contribution in [0.3, 0.4) is 0 Å². The van der Waals surface area contributed by atoms with Crippen LogP contribution in [-0.2, 0) is 0 Å². The third-order valence-electron chi connectivity index (χ3n) is 3.04. The summed E-state index contributed by atoms with van der Waals surface area (Å²) >= 11 is 0. The summed E-state index contributed by atoms with van der Waals surface area (Å²) in [5, 5.41) is 0. The van der Waals surface area contributed by atoms with Crippen LogP contribution in [0.5, 0.6) is 5.75 Å². The molecule has 0 aliphatic carbocycles. The molecule has 0 atom stereocenters. The van der Waals surface area contributed by atoms with E-state index in [-0.39, 0.29) is 5.75 Å². The molecule has 1 aliphatic heterocycles. The second kappa shape index (κ2) is 4.87. The first-order chi connectivity index (χ1) is 8.11. The quantitative estimate of drug-likeness (QED) is 0.785.